The zero-order chi connectivity index (χ0) is 11.4. The van der Waals surface area contributed by atoms with Gasteiger partial charge in [0.15, 0.2) is 0 Å². The lowest BCUT2D eigenvalue weighted by atomic mass is 10.3. The van der Waals surface area contributed by atoms with Gasteiger partial charge in [-0.1, -0.05) is 0 Å². The summed E-state index contributed by atoms with van der Waals surface area (Å²) in [5, 5.41) is 0. The molecule has 0 aliphatic carbocycles. The fourth-order valence-electron chi connectivity index (χ4n) is 1.12. The monoisotopic (exact) mass is 282 g/mol. The molecule has 2 heterocycles. The molecule has 0 aliphatic rings. The Morgan fingerprint density at radius 2 is 2.12 bits per heavy atom. The van der Waals surface area contributed by atoms with E-state index in [0.717, 1.165) is 10.7 Å². The molecule has 0 amide bonds. The Hall–Kier alpha value is -1.49. The van der Waals surface area contributed by atoms with E-state index in [1.807, 2.05) is 0 Å². The second-order valence-electron chi connectivity index (χ2n) is 3.10. The highest BCUT2D eigenvalue weighted by molar-refractivity contribution is 9.10. The molecule has 0 saturated carbocycles. The van der Waals surface area contributed by atoms with Crippen molar-refractivity contribution in [1.29, 1.82) is 0 Å². The summed E-state index contributed by atoms with van der Waals surface area (Å²) in [7, 11) is 0. The van der Waals surface area contributed by atoms with Crippen LogP contribution >= 0.6 is 15.9 Å². The average Bonchev–Trinajstić information content (AvgIpc) is 2.28. The van der Waals surface area contributed by atoms with Gasteiger partial charge in [-0.3, -0.25) is 9.97 Å². The van der Waals surface area contributed by atoms with E-state index in [9.17, 15) is 4.39 Å². The summed E-state index contributed by atoms with van der Waals surface area (Å²) in [6.45, 7) is 0.290. The minimum atomic E-state index is -0.354. The molecule has 0 radical (unpaired) electrons. The molecule has 0 aromatic carbocycles. The maximum absolute atomic E-state index is 12.6. The molecular weight excluding hydrogens is 275 g/mol. The van der Waals surface area contributed by atoms with Crippen molar-refractivity contribution in [3.8, 4) is 5.75 Å². The van der Waals surface area contributed by atoms with Crippen molar-refractivity contribution in [3.63, 3.8) is 0 Å². The van der Waals surface area contributed by atoms with Gasteiger partial charge in [0, 0.05) is 10.7 Å². The first-order valence-electron chi connectivity index (χ1n) is 4.58. The molecule has 82 valence electrons. The molecule has 2 aromatic rings. The van der Waals surface area contributed by atoms with Crippen molar-refractivity contribution in [1.82, 2.24) is 9.97 Å². The normalized spacial score (nSPS) is 10.1. The van der Waals surface area contributed by atoms with Crippen molar-refractivity contribution in [2.75, 3.05) is 0 Å². The number of pyridine rings is 2. The van der Waals surface area contributed by atoms with Crippen molar-refractivity contribution in [2.45, 2.75) is 6.61 Å². The van der Waals surface area contributed by atoms with Gasteiger partial charge in [-0.15, -0.1) is 0 Å². The van der Waals surface area contributed by atoms with E-state index in [1.54, 1.807) is 24.5 Å². The number of hydrogen-bond acceptors (Lipinski definition) is 3. The SMILES string of the molecule is Fc1ccc(COc2cncc(Br)c2)nc1. The number of aromatic nitrogens is 2. The van der Waals surface area contributed by atoms with Gasteiger partial charge in [0.05, 0.1) is 18.1 Å². The first-order chi connectivity index (χ1) is 7.74. The maximum Gasteiger partial charge on any atom is 0.141 e. The first kappa shape index (κ1) is 11.0. The van der Waals surface area contributed by atoms with E-state index >= 15 is 0 Å². The molecule has 0 N–H and O–H groups in total. The van der Waals surface area contributed by atoms with Crippen molar-refractivity contribution in [3.05, 3.63) is 52.8 Å². The van der Waals surface area contributed by atoms with E-state index in [1.165, 1.54) is 6.07 Å². The quantitative estimate of drug-likeness (QED) is 0.868. The minimum Gasteiger partial charge on any atom is -0.486 e. The molecule has 2 rings (SSSR count). The van der Waals surface area contributed by atoms with Crippen LogP contribution in [-0.4, -0.2) is 9.97 Å². The van der Waals surface area contributed by atoms with Gasteiger partial charge < -0.3 is 4.74 Å². The smallest absolute Gasteiger partial charge is 0.141 e. The van der Waals surface area contributed by atoms with Crippen LogP contribution in [0.25, 0.3) is 0 Å². The summed E-state index contributed by atoms with van der Waals surface area (Å²) in [6.07, 6.45) is 4.44. The summed E-state index contributed by atoms with van der Waals surface area (Å²) in [6, 6.07) is 4.74. The van der Waals surface area contributed by atoms with Crippen LogP contribution in [0.4, 0.5) is 4.39 Å². The Morgan fingerprint density at radius 3 is 2.81 bits per heavy atom. The Bertz CT molecular complexity index is 476. The number of rotatable bonds is 3. The summed E-state index contributed by atoms with van der Waals surface area (Å²) >= 11 is 3.29. The Balaban J connectivity index is 1.99. The van der Waals surface area contributed by atoms with Crippen molar-refractivity contribution < 1.29 is 9.13 Å². The average molecular weight is 283 g/mol. The molecule has 0 aliphatic heterocycles. The van der Waals surface area contributed by atoms with Crippen LogP contribution in [0, 0.1) is 5.82 Å². The molecule has 0 atom stereocenters. The standard InChI is InChI=1S/C11H8BrFN2O/c12-8-3-11(6-14-4-8)16-7-10-2-1-9(13)5-15-10/h1-6H,7H2. The van der Waals surface area contributed by atoms with E-state index in [4.69, 9.17) is 4.74 Å². The lowest BCUT2D eigenvalue weighted by Gasteiger charge is -2.05. The van der Waals surface area contributed by atoms with Crippen LogP contribution in [0.3, 0.4) is 0 Å². The topological polar surface area (TPSA) is 35.0 Å². The third-order valence-electron chi connectivity index (χ3n) is 1.86. The molecule has 0 saturated heterocycles. The molecule has 2 aromatic heterocycles. The second-order valence-corrected chi connectivity index (χ2v) is 4.01. The van der Waals surface area contributed by atoms with Crippen molar-refractivity contribution >= 4 is 15.9 Å². The van der Waals surface area contributed by atoms with E-state index in [0.29, 0.717) is 18.1 Å². The van der Waals surface area contributed by atoms with E-state index < -0.39 is 0 Å². The molecule has 5 heteroatoms. The molecule has 3 nitrogen and oxygen atoms in total. The van der Waals surface area contributed by atoms with Gasteiger partial charge in [-0.25, -0.2) is 4.39 Å². The van der Waals surface area contributed by atoms with Gasteiger partial charge in [0.25, 0.3) is 0 Å². The summed E-state index contributed by atoms with van der Waals surface area (Å²) in [4.78, 5) is 7.84. The predicted molar refractivity (Wildman–Crippen MR) is 60.5 cm³/mol. The summed E-state index contributed by atoms with van der Waals surface area (Å²) in [5.74, 6) is 0.286. The lowest BCUT2D eigenvalue weighted by molar-refractivity contribution is 0.299. The van der Waals surface area contributed by atoms with Gasteiger partial charge in [0.1, 0.15) is 18.2 Å². The molecule has 0 spiro atoms. The predicted octanol–water partition coefficient (Wildman–Crippen LogP) is 2.96. The highest BCUT2D eigenvalue weighted by atomic mass is 79.9. The van der Waals surface area contributed by atoms with Gasteiger partial charge in [-0.2, -0.15) is 0 Å². The first-order valence-corrected chi connectivity index (χ1v) is 5.37. The number of nitrogens with zero attached hydrogens (tertiary/aromatic N) is 2. The number of ether oxygens (including phenoxy) is 1. The number of hydrogen-bond donors (Lipinski definition) is 0. The minimum absolute atomic E-state index is 0.290. The maximum atomic E-state index is 12.6. The van der Waals surface area contributed by atoms with Crippen LogP contribution in [0.5, 0.6) is 5.75 Å². The van der Waals surface area contributed by atoms with Crippen LogP contribution < -0.4 is 4.74 Å². The molecule has 16 heavy (non-hydrogen) atoms. The number of halogens is 2. The van der Waals surface area contributed by atoms with E-state index in [2.05, 4.69) is 25.9 Å². The van der Waals surface area contributed by atoms with Gasteiger partial charge in [0.2, 0.25) is 0 Å². The largest absolute Gasteiger partial charge is 0.486 e. The zero-order valence-electron chi connectivity index (χ0n) is 8.23. The summed E-state index contributed by atoms with van der Waals surface area (Å²) < 4.78 is 18.9. The Labute approximate surface area is 100 Å². The van der Waals surface area contributed by atoms with Gasteiger partial charge in [-0.05, 0) is 34.1 Å². The van der Waals surface area contributed by atoms with Crippen molar-refractivity contribution in [2.24, 2.45) is 0 Å². The highest BCUT2D eigenvalue weighted by Gasteiger charge is 1.99. The van der Waals surface area contributed by atoms with Crippen LogP contribution in [-0.2, 0) is 6.61 Å². The molecule has 0 unspecified atom stereocenters. The van der Waals surface area contributed by atoms with Gasteiger partial charge >= 0.3 is 0 Å². The molecule has 0 fully saturated rings. The van der Waals surface area contributed by atoms with Crippen LogP contribution in [0.2, 0.25) is 0 Å². The third-order valence-corrected chi connectivity index (χ3v) is 2.29. The molecular formula is C11H8BrFN2O. The van der Waals surface area contributed by atoms with E-state index in [-0.39, 0.29) is 5.82 Å². The Morgan fingerprint density at radius 1 is 1.25 bits per heavy atom. The fourth-order valence-corrected chi connectivity index (χ4v) is 1.46. The van der Waals surface area contributed by atoms with Crippen LogP contribution in [0.1, 0.15) is 5.69 Å². The lowest BCUT2D eigenvalue weighted by Crippen LogP contribution is -1.98. The van der Waals surface area contributed by atoms with Crippen LogP contribution in [0.15, 0.2) is 41.3 Å². The fraction of sp³-hybridized carbons (Fsp3) is 0.0909. The third kappa shape index (κ3) is 3.00. The Kier molecular flexibility index (Phi) is 3.46. The second kappa shape index (κ2) is 5.03. The molecule has 0 bridgehead atoms. The zero-order valence-corrected chi connectivity index (χ0v) is 9.82. The highest BCUT2D eigenvalue weighted by Crippen LogP contribution is 2.16. The summed E-state index contributed by atoms with van der Waals surface area (Å²) in [5.41, 5.74) is 0.668.